The van der Waals surface area contributed by atoms with Crippen LogP contribution in [0.25, 0.3) is 0 Å². The number of nitrogens with one attached hydrogen (secondary N) is 1. The number of carbonyl (C=O) groups excluding carboxylic acids is 1. The van der Waals surface area contributed by atoms with Crippen LogP contribution in [0.15, 0.2) is 29.2 Å². The summed E-state index contributed by atoms with van der Waals surface area (Å²) in [7, 11) is 1.69. The van der Waals surface area contributed by atoms with Crippen molar-refractivity contribution in [2.45, 2.75) is 0 Å². The van der Waals surface area contributed by atoms with Gasteiger partial charge in [0.15, 0.2) is 0 Å². The van der Waals surface area contributed by atoms with Gasteiger partial charge in [-0.15, -0.1) is 0 Å². The standard InChI is InChI=1S/C10H10N4O2S/c1-14-9(7(4-12-14)8(11)17)13-10(15)6-2-3-16-5-6/h2-5H,1H3,(H2,11,17)(H,13,15). The Morgan fingerprint density at radius 1 is 1.65 bits per heavy atom. The number of aryl methyl sites for hydroxylation is 1. The first kappa shape index (κ1) is 11.3. The van der Waals surface area contributed by atoms with Crippen LogP contribution in [0, 0.1) is 0 Å². The van der Waals surface area contributed by atoms with Crippen LogP contribution in [0.5, 0.6) is 0 Å². The van der Waals surface area contributed by atoms with Gasteiger partial charge in [-0.25, -0.2) is 0 Å². The van der Waals surface area contributed by atoms with Crippen molar-refractivity contribution < 1.29 is 9.21 Å². The van der Waals surface area contributed by atoms with E-state index in [1.54, 1.807) is 13.1 Å². The number of thiocarbonyl (C=S) groups is 1. The van der Waals surface area contributed by atoms with Gasteiger partial charge in [0, 0.05) is 7.05 Å². The normalized spacial score (nSPS) is 10.2. The predicted octanol–water partition coefficient (Wildman–Crippen LogP) is 0.900. The number of aromatic nitrogens is 2. The fourth-order valence-electron chi connectivity index (χ4n) is 1.34. The summed E-state index contributed by atoms with van der Waals surface area (Å²) in [4.78, 5) is 12.0. The number of nitrogens with zero attached hydrogens (tertiary/aromatic N) is 2. The Bertz CT molecular complexity index is 559. The highest BCUT2D eigenvalue weighted by molar-refractivity contribution is 7.80. The highest BCUT2D eigenvalue weighted by Crippen LogP contribution is 2.15. The fourth-order valence-corrected chi connectivity index (χ4v) is 1.49. The third-order valence-corrected chi connectivity index (χ3v) is 2.44. The Morgan fingerprint density at radius 2 is 2.41 bits per heavy atom. The lowest BCUT2D eigenvalue weighted by atomic mass is 10.3. The average molecular weight is 250 g/mol. The number of hydrogen-bond donors (Lipinski definition) is 2. The molecule has 17 heavy (non-hydrogen) atoms. The Morgan fingerprint density at radius 3 is 3.00 bits per heavy atom. The van der Waals surface area contributed by atoms with Gasteiger partial charge in [-0.1, -0.05) is 12.2 Å². The molecule has 0 saturated heterocycles. The van der Waals surface area contributed by atoms with E-state index in [0.29, 0.717) is 16.9 Å². The maximum absolute atomic E-state index is 11.8. The van der Waals surface area contributed by atoms with Gasteiger partial charge in [-0.2, -0.15) is 5.10 Å². The number of amides is 1. The molecule has 88 valence electrons. The number of hydrogen-bond acceptors (Lipinski definition) is 4. The van der Waals surface area contributed by atoms with Crippen LogP contribution in [-0.2, 0) is 7.05 Å². The van der Waals surface area contributed by atoms with E-state index >= 15 is 0 Å². The second kappa shape index (κ2) is 4.38. The molecule has 0 aliphatic carbocycles. The SMILES string of the molecule is Cn1ncc(C(N)=S)c1NC(=O)c1ccoc1. The Balaban J connectivity index is 2.27. The van der Waals surface area contributed by atoms with E-state index in [1.165, 1.54) is 23.4 Å². The second-order valence-corrected chi connectivity index (χ2v) is 3.80. The molecule has 2 aromatic rings. The molecule has 0 aliphatic heterocycles. The highest BCUT2D eigenvalue weighted by Gasteiger charge is 2.15. The van der Waals surface area contributed by atoms with Gasteiger partial charge >= 0.3 is 0 Å². The zero-order valence-electron chi connectivity index (χ0n) is 9.01. The van der Waals surface area contributed by atoms with Gasteiger partial charge in [-0.05, 0) is 6.07 Å². The summed E-state index contributed by atoms with van der Waals surface area (Å²) in [6, 6.07) is 1.56. The molecule has 0 unspecified atom stereocenters. The van der Waals surface area contributed by atoms with Gasteiger partial charge < -0.3 is 15.5 Å². The van der Waals surface area contributed by atoms with Crippen LogP contribution in [0.2, 0.25) is 0 Å². The fraction of sp³-hybridized carbons (Fsp3) is 0.100. The molecule has 0 aromatic carbocycles. The molecule has 0 fully saturated rings. The van der Waals surface area contributed by atoms with Crippen molar-refractivity contribution in [2.75, 3.05) is 5.32 Å². The smallest absolute Gasteiger partial charge is 0.260 e. The van der Waals surface area contributed by atoms with Crippen molar-refractivity contribution >= 4 is 28.9 Å². The number of rotatable bonds is 3. The zero-order valence-corrected chi connectivity index (χ0v) is 9.82. The van der Waals surface area contributed by atoms with Crippen LogP contribution in [0.3, 0.4) is 0 Å². The number of carbonyl (C=O) groups is 1. The minimum absolute atomic E-state index is 0.181. The van der Waals surface area contributed by atoms with Crippen molar-refractivity contribution in [1.29, 1.82) is 0 Å². The van der Waals surface area contributed by atoms with E-state index in [2.05, 4.69) is 10.4 Å². The van der Waals surface area contributed by atoms with E-state index < -0.39 is 0 Å². The predicted molar refractivity (Wildman–Crippen MR) is 65.8 cm³/mol. The molecular weight excluding hydrogens is 240 g/mol. The summed E-state index contributed by atoms with van der Waals surface area (Å²) in [5.74, 6) is 0.156. The molecule has 2 aromatic heterocycles. The summed E-state index contributed by atoms with van der Waals surface area (Å²) in [5.41, 5.74) is 6.47. The van der Waals surface area contributed by atoms with Crippen LogP contribution < -0.4 is 11.1 Å². The zero-order chi connectivity index (χ0) is 12.4. The van der Waals surface area contributed by atoms with E-state index in [-0.39, 0.29) is 10.9 Å². The molecular formula is C10H10N4O2S. The number of furan rings is 1. The van der Waals surface area contributed by atoms with Gasteiger partial charge in [0.2, 0.25) is 0 Å². The molecule has 0 radical (unpaired) electrons. The number of nitrogens with two attached hydrogens (primary N) is 1. The van der Waals surface area contributed by atoms with Crippen molar-refractivity contribution in [2.24, 2.45) is 12.8 Å². The van der Waals surface area contributed by atoms with Crippen molar-refractivity contribution in [3.63, 3.8) is 0 Å². The lowest BCUT2D eigenvalue weighted by Crippen LogP contribution is -2.18. The van der Waals surface area contributed by atoms with E-state index in [1.807, 2.05) is 0 Å². The molecule has 2 heterocycles. The minimum Gasteiger partial charge on any atom is -0.472 e. The van der Waals surface area contributed by atoms with Gasteiger partial charge in [0.25, 0.3) is 5.91 Å². The van der Waals surface area contributed by atoms with Crippen LogP contribution in [0.4, 0.5) is 5.82 Å². The first-order valence-electron chi connectivity index (χ1n) is 4.75. The van der Waals surface area contributed by atoms with Gasteiger partial charge in [0.1, 0.15) is 17.1 Å². The molecule has 1 amide bonds. The van der Waals surface area contributed by atoms with E-state index in [0.717, 1.165) is 0 Å². The number of anilines is 1. The monoisotopic (exact) mass is 250 g/mol. The average Bonchev–Trinajstić information content (AvgIpc) is 2.89. The van der Waals surface area contributed by atoms with Crippen LogP contribution in [0.1, 0.15) is 15.9 Å². The van der Waals surface area contributed by atoms with Gasteiger partial charge in [-0.3, -0.25) is 9.48 Å². The van der Waals surface area contributed by atoms with Crippen molar-refractivity contribution in [3.05, 3.63) is 35.9 Å². The topological polar surface area (TPSA) is 86.1 Å². The summed E-state index contributed by atoms with van der Waals surface area (Å²) >= 11 is 4.87. The third-order valence-electron chi connectivity index (χ3n) is 2.22. The lowest BCUT2D eigenvalue weighted by molar-refractivity contribution is 0.102. The highest BCUT2D eigenvalue weighted by atomic mass is 32.1. The van der Waals surface area contributed by atoms with E-state index in [4.69, 9.17) is 22.4 Å². The molecule has 2 rings (SSSR count). The van der Waals surface area contributed by atoms with E-state index in [9.17, 15) is 4.79 Å². The molecule has 0 spiro atoms. The van der Waals surface area contributed by atoms with Crippen LogP contribution in [-0.4, -0.2) is 20.7 Å². The maximum atomic E-state index is 11.8. The second-order valence-electron chi connectivity index (χ2n) is 3.36. The molecule has 0 bridgehead atoms. The third kappa shape index (κ3) is 2.18. The van der Waals surface area contributed by atoms with Gasteiger partial charge in [0.05, 0.1) is 23.6 Å². The minimum atomic E-state index is -0.306. The molecule has 7 heteroatoms. The van der Waals surface area contributed by atoms with Crippen molar-refractivity contribution in [3.8, 4) is 0 Å². The molecule has 0 aliphatic rings. The summed E-state index contributed by atoms with van der Waals surface area (Å²) in [6.45, 7) is 0. The lowest BCUT2D eigenvalue weighted by Gasteiger charge is -2.06. The summed E-state index contributed by atoms with van der Waals surface area (Å²) in [5, 5.41) is 6.66. The molecule has 3 N–H and O–H groups in total. The van der Waals surface area contributed by atoms with Crippen LogP contribution >= 0.6 is 12.2 Å². The van der Waals surface area contributed by atoms with Crippen molar-refractivity contribution in [1.82, 2.24) is 9.78 Å². The first-order chi connectivity index (χ1) is 8.09. The largest absolute Gasteiger partial charge is 0.472 e. The quantitative estimate of drug-likeness (QED) is 0.790. The molecule has 0 atom stereocenters. The summed E-state index contributed by atoms with van der Waals surface area (Å²) in [6.07, 6.45) is 4.28. The molecule has 0 saturated carbocycles. The molecule has 6 nitrogen and oxygen atoms in total. The Labute approximate surface area is 102 Å². The first-order valence-corrected chi connectivity index (χ1v) is 5.15. The Hall–Kier alpha value is -2.15. The Kier molecular flexibility index (Phi) is 2.92. The maximum Gasteiger partial charge on any atom is 0.260 e. The summed E-state index contributed by atoms with van der Waals surface area (Å²) < 4.78 is 6.32.